The topological polar surface area (TPSA) is 258 Å². The monoisotopic (exact) mass is 545 g/mol. The fourth-order valence-corrected chi connectivity index (χ4v) is 4.14. The molecule has 0 aliphatic carbocycles. The van der Waals surface area contributed by atoms with Gasteiger partial charge in [-0.15, -0.1) is 0 Å². The second-order valence-electron chi connectivity index (χ2n) is 9.18. The minimum absolute atomic E-state index is 0.0391. The zero-order chi connectivity index (χ0) is 28.2. The first kappa shape index (κ1) is 29.1. The Balaban J connectivity index is 1.73. The van der Waals surface area contributed by atoms with E-state index in [0.29, 0.717) is 30.8 Å². The molecule has 16 heteroatoms. The molecule has 0 aromatic carbocycles. The van der Waals surface area contributed by atoms with Crippen molar-refractivity contribution in [2.24, 2.45) is 16.5 Å². The summed E-state index contributed by atoms with van der Waals surface area (Å²) in [6.07, 6.45) is 7.83. The largest absolute Gasteiger partial charge is 0.480 e. The molecular weight excluding hydrogens is 510 g/mol. The van der Waals surface area contributed by atoms with Crippen molar-refractivity contribution in [2.45, 2.75) is 62.7 Å². The number of hydrogen-bond acceptors (Lipinski definition) is 8. The van der Waals surface area contributed by atoms with Gasteiger partial charge >= 0.3 is 5.97 Å². The highest BCUT2D eigenvalue weighted by molar-refractivity contribution is 5.94. The van der Waals surface area contributed by atoms with E-state index in [9.17, 15) is 24.3 Å². The van der Waals surface area contributed by atoms with Crippen LogP contribution in [0.4, 0.5) is 0 Å². The molecule has 0 spiro atoms. The van der Waals surface area contributed by atoms with Crippen molar-refractivity contribution in [3.05, 3.63) is 36.4 Å². The number of hydrogen-bond donors (Lipinski definition) is 9. The number of aliphatic carboxylic acids is 1. The molecule has 3 amide bonds. The summed E-state index contributed by atoms with van der Waals surface area (Å²) < 4.78 is 0. The van der Waals surface area contributed by atoms with Crippen LogP contribution in [0.5, 0.6) is 0 Å². The van der Waals surface area contributed by atoms with E-state index in [1.165, 1.54) is 25.0 Å². The Kier molecular flexibility index (Phi) is 10.8. The van der Waals surface area contributed by atoms with Crippen molar-refractivity contribution in [3.63, 3.8) is 0 Å². The molecule has 11 N–H and O–H groups in total. The summed E-state index contributed by atoms with van der Waals surface area (Å²) in [4.78, 5) is 68.6. The molecule has 1 aliphatic rings. The summed E-state index contributed by atoms with van der Waals surface area (Å²) in [6.45, 7) is 0.900. The molecule has 1 saturated heterocycles. The summed E-state index contributed by atoms with van der Waals surface area (Å²) in [7, 11) is 0. The molecule has 0 bridgehead atoms. The van der Waals surface area contributed by atoms with Gasteiger partial charge in [0, 0.05) is 43.2 Å². The quantitative estimate of drug-likeness (QED) is 0.0633. The number of nitrogens with zero attached hydrogens (tertiary/aromatic N) is 3. The van der Waals surface area contributed by atoms with E-state index in [-0.39, 0.29) is 37.7 Å². The standard InChI is InChI=1S/C23H35N11O5/c24-23(25)29-6-2-4-16(20(36)34-18(22(38)39)8-14-10-27-12-31-14)32-21(37)17(7-13-9-26-11-30-13)33-19(35)15-3-1-5-28-15/h9-12,15-18,28H,1-8H2,(H,26,30)(H,27,31)(H,32,37)(H,33,35)(H,34,36)(H,38,39)(H4,24,25,29). The third-order valence-corrected chi connectivity index (χ3v) is 6.16. The average molecular weight is 546 g/mol. The van der Waals surface area contributed by atoms with Crippen molar-refractivity contribution in [1.82, 2.24) is 41.2 Å². The lowest BCUT2D eigenvalue weighted by atomic mass is 10.1. The van der Waals surface area contributed by atoms with Crippen LogP contribution in [0.15, 0.2) is 30.0 Å². The van der Waals surface area contributed by atoms with Crippen LogP contribution in [0.25, 0.3) is 0 Å². The van der Waals surface area contributed by atoms with Gasteiger partial charge in [0.05, 0.1) is 18.7 Å². The van der Waals surface area contributed by atoms with Gasteiger partial charge in [-0.2, -0.15) is 0 Å². The summed E-state index contributed by atoms with van der Waals surface area (Å²) in [5.74, 6) is -3.01. The number of imidazole rings is 2. The highest BCUT2D eigenvalue weighted by atomic mass is 16.4. The molecule has 0 radical (unpaired) electrons. The molecule has 1 fully saturated rings. The first-order valence-electron chi connectivity index (χ1n) is 12.6. The van der Waals surface area contributed by atoms with Crippen molar-refractivity contribution in [1.29, 1.82) is 0 Å². The molecular formula is C23H35N11O5. The van der Waals surface area contributed by atoms with Crippen LogP contribution in [-0.4, -0.2) is 91.9 Å². The van der Waals surface area contributed by atoms with Gasteiger partial charge in [0.1, 0.15) is 18.1 Å². The molecule has 2 aromatic heterocycles. The molecule has 4 atom stereocenters. The van der Waals surface area contributed by atoms with Crippen molar-refractivity contribution in [2.75, 3.05) is 13.1 Å². The van der Waals surface area contributed by atoms with E-state index in [1.54, 1.807) is 0 Å². The van der Waals surface area contributed by atoms with Crippen LogP contribution in [0.1, 0.15) is 37.1 Å². The highest BCUT2D eigenvalue weighted by Gasteiger charge is 2.32. The van der Waals surface area contributed by atoms with Crippen LogP contribution in [0, 0.1) is 0 Å². The molecule has 4 unspecified atom stereocenters. The van der Waals surface area contributed by atoms with Gasteiger partial charge in [0.15, 0.2) is 5.96 Å². The number of carboxylic acids is 1. The van der Waals surface area contributed by atoms with Crippen LogP contribution in [0.3, 0.4) is 0 Å². The van der Waals surface area contributed by atoms with Crippen LogP contribution < -0.4 is 32.7 Å². The third-order valence-electron chi connectivity index (χ3n) is 6.16. The Labute approximate surface area is 224 Å². The number of amides is 3. The van der Waals surface area contributed by atoms with E-state index in [1.807, 2.05) is 0 Å². The van der Waals surface area contributed by atoms with E-state index in [4.69, 9.17) is 11.5 Å². The molecule has 16 nitrogen and oxygen atoms in total. The fourth-order valence-electron chi connectivity index (χ4n) is 4.14. The van der Waals surface area contributed by atoms with Gasteiger partial charge in [0.25, 0.3) is 0 Å². The number of carbonyl (C=O) groups is 4. The van der Waals surface area contributed by atoms with Gasteiger partial charge in [-0.05, 0) is 32.2 Å². The average Bonchev–Trinajstić information content (AvgIpc) is 3.68. The summed E-state index contributed by atoms with van der Waals surface area (Å²) in [5.41, 5.74) is 11.9. The predicted octanol–water partition coefficient (Wildman–Crippen LogP) is -2.74. The Bertz CT molecular complexity index is 1110. The van der Waals surface area contributed by atoms with E-state index in [2.05, 4.69) is 46.2 Å². The molecule has 0 saturated carbocycles. The minimum Gasteiger partial charge on any atom is -0.480 e. The number of carboxylic acid groups (broad SMARTS) is 1. The first-order chi connectivity index (χ1) is 18.7. The summed E-state index contributed by atoms with van der Waals surface area (Å²) in [6, 6.07) is -3.83. The van der Waals surface area contributed by atoms with Gasteiger partial charge in [-0.25, -0.2) is 14.8 Å². The number of aromatic nitrogens is 4. The van der Waals surface area contributed by atoms with Crippen molar-refractivity contribution >= 4 is 29.7 Å². The second-order valence-corrected chi connectivity index (χ2v) is 9.18. The number of H-pyrrole nitrogens is 2. The number of rotatable bonds is 15. The third kappa shape index (κ3) is 9.41. The zero-order valence-corrected chi connectivity index (χ0v) is 21.4. The lowest BCUT2D eigenvalue weighted by molar-refractivity contribution is -0.142. The van der Waals surface area contributed by atoms with Crippen molar-refractivity contribution < 1.29 is 24.3 Å². The van der Waals surface area contributed by atoms with Crippen LogP contribution in [-0.2, 0) is 32.0 Å². The SMILES string of the molecule is NC(N)=NCCCC(NC(=O)C(Cc1cnc[nH]1)NC(=O)C1CCCN1)C(=O)NC(Cc1cnc[nH]1)C(=O)O. The molecule has 2 aromatic rings. The number of carbonyl (C=O) groups excluding carboxylic acids is 3. The van der Waals surface area contributed by atoms with E-state index in [0.717, 1.165) is 6.42 Å². The number of nitrogens with two attached hydrogens (primary N) is 2. The lowest BCUT2D eigenvalue weighted by Crippen LogP contribution is -2.57. The smallest absolute Gasteiger partial charge is 0.326 e. The molecule has 39 heavy (non-hydrogen) atoms. The molecule has 212 valence electrons. The number of aromatic amines is 2. The van der Waals surface area contributed by atoms with E-state index >= 15 is 0 Å². The zero-order valence-electron chi connectivity index (χ0n) is 21.4. The minimum atomic E-state index is -1.27. The maximum Gasteiger partial charge on any atom is 0.326 e. The fraction of sp³-hybridized carbons (Fsp3) is 0.522. The maximum absolute atomic E-state index is 13.4. The highest BCUT2D eigenvalue weighted by Crippen LogP contribution is 2.08. The Morgan fingerprint density at radius 2 is 1.59 bits per heavy atom. The maximum atomic E-state index is 13.4. The molecule has 1 aliphatic heterocycles. The van der Waals surface area contributed by atoms with E-state index < -0.39 is 42.0 Å². The predicted molar refractivity (Wildman–Crippen MR) is 139 cm³/mol. The van der Waals surface area contributed by atoms with Crippen LogP contribution >= 0.6 is 0 Å². The van der Waals surface area contributed by atoms with Crippen molar-refractivity contribution in [3.8, 4) is 0 Å². The normalized spacial score (nSPS) is 17.0. The Morgan fingerprint density at radius 3 is 2.13 bits per heavy atom. The lowest BCUT2D eigenvalue weighted by Gasteiger charge is -2.25. The van der Waals surface area contributed by atoms with Gasteiger partial charge in [0.2, 0.25) is 17.7 Å². The Morgan fingerprint density at radius 1 is 0.974 bits per heavy atom. The number of aliphatic imine (C=N–C) groups is 1. The molecule has 3 heterocycles. The second kappa shape index (κ2) is 14.5. The molecule has 3 rings (SSSR count). The van der Waals surface area contributed by atoms with Gasteiger partial charge in [-0.3, -0.25) is 19.4 Å². The first-order valence-corrected chi connectivity index (χ1v) is 12.6. The van der Waals surface area contributed by atoms with Gasteiger partial charge in [-0.1, -0.05) is 0 Å². The van der Waals surface area contributed by atoms with Gasteiger partial charge < -0.3 is 47.8 Å². The number of guanidine groups is 1. The summed E-state index contributed by atoms with van der Waals surface area (Å²) in [5, 5.41) is 20.7. The Hall–Kier alpha value is -4.47. The summed E-state index contributed by atoms with van der Waals surface area (Å²) >= 11 is 0. The number of nitrogens with one attached hydrogen (secondary N) is 6. The van der Waals surface area contributed by atoms with Crippen LogP contribution in [0.2, 0.25) is 0 Å².